The van der Waals surface area contributed by atoms with Crippen molar-refractivity contribution >= 4 is 0 Å². The summed E-state index contributed by atoms with van der Waals surface area (Å²) in [7, 11) is 1.70. The highest BCUT2D eigenvalue weighted by molar-refractivity contribution is 4.84. The summed E-state index contributed by atoms with van der Waals surface area (Å²) in [6.45, 7) is 4.39. The molecule has 0 aromatic heterocycles. The molecule has 4 nitrogen and oxygen atoms in total. The summed E-state index contributed by atoms with van der Waals surface area (Å²) in [5.41, 5.74) is 0. The van der Waals surface area contributed by atoms with Crippen molar-refractivity contribution in [3.05, 3.63) is 0 Å². The molecule has 1 aliphatic heterocycles. The second kappa shape index (κ2) is 6.69. The van der Waals surface area contributed by atoms with Gasteiger partial charge in [-0.3, -0.25) is 0 Å². The predicted octanol–water partition coefficient (Wildman–Crippen LogP) is 1.34. The molecule has 17 heavy (non-hydrogen) atoms. The predicted molar refractivity (Wildman–Crippen MR) is 66.2 cm³/mol. The van der Waals surface area contributed by atoms with Crippen molar-refractivity contribution in [1.29, 1.82) is 0 Å². The average molecular weight is 243 g/mol. The van der Waals surface area contributed by atoms with Gasteiger partial charge in [-0.15, -0.1) is 0 Å². The average Bonchev–Trinajstić information content (AvgIpc) is 3.03. The van der Waals surface area contributed by atoms with Crippen LogP contribution >= 0.6 is 0 Å². The van der Waals surface area contributed by atoms with Crippen LogP contribution < -0.4 is 5.32 Å². The number of nitrogens with one attached hydrogen (secondary N) is 1. The quantitative estimate of drug-likeness (QED) is 0.698. The summed E-state index contributed by atoms with van der Waals surface area (Å²) in [5.74, 6) is 0. The van der Waals surface area contributed by atoms with Gasteiger partial charge < -0.3 is 19.5 Å². The van der Waals surface area contributed by atoms with Crippen molar-refractivity contribution in [1.82, 2.24) is 5.32 Å². The highest BCUT2D eigenvalue weighted by Crippen LogP contribution is 2.22. The Morgan fingerprint density at radius 3 is 2.71 bits per heavy atom. The molecule has 0 aromatic carbocycles. The lowest BCUT2D eigenvalue weighted by Gasteiger charge is -2.17. The summed E-state index contributed by atoms with van der Waals surface area (Å²) in [4.78, 5) is 0. The molecule has 2 aliphatic rings. The monoisotopic (exact) mass is 243 g/mol. The molecular weight excluding hydrogens is 218 g/mol. The Morgan fingerprint density at radius 2 is 2.00 bits per heavy atom. The minimum Gasteiger partial charge on any atom is -0.382 e. The van der Waals surface area contributed by atoms with E-state index >= 15 is 0 Å². The summed E-state index contributed by atoms with van der Waals surface area (Å²) in [6.07, 6.45) is 5.79. The molecule has 0 bridgehead atoms. The molecule has 1 saturated carbocycles. The van der Waals surface area contributed by atoms with Crippen LogP contribution in [0.5, 0.6) is 0 Å². The van der Waals surface area contributed by atoms with Gasteiger partial charge in [-0.1, -0.05) is 0 Å². The first-order valence-corrected chi connectivity index (χ1v) is 6.77. The fourth-order valence-corrected chi connectivity index (χ4v) is 2.19. The number of hydrogen-bond acceptors (Lipinski definition) is 4. The SMILES string of the molecule is COCC(C)OCC1CCC(CNC2CC2)O1. The van der Waals surface area contributed by atoms with Gasteiger partial charge >= 0.3 is 0 Å². The van der Waals surface area contributed by atoms with Crippen LogP contribution in [-0.4, -0.2) is 51.2 Å². The van der Waals surface area contributed by atoms with Gasteiger partial charge in [-0.25, -0.2) is 0 Å². The molecule has 3 unspecified atom stereocenters. The second-order valence-electron chi connectivity index (χ2n) is 5.24. The normalized spacial score (nSPS) is 30.7. The van der Waals surface area contributed by atoms with E-state index in [1.54, 1.807) is 7.11 Å². The van der Waals surface area contributed by atoms with Gasteiger partial charge in [0.05, 0.1) is 31.5 Å². The van der Waals surface area contributed by atoms with Gasteiger partial charge in [-0.2, -0.15) is 0 Å². The lowest BCUT2D eigenvalue weighted by Crippen LogP contribution is -2.30. The Bertz CT molecular complexity index is 221. The first kappa shape index (κ1) is 13.3. The van der Waals surface area contributed by atoms with Crippen LogP contribution in [0, 0.1) is 0 Å². The Kier molecular flexibility index (Phi) is 5.22. The molecule has 1 heterocycles. The Hall–Kier alpha value is -0.160. The summed E-state index contributed by atoms with van der Waals surface area (Å²) in [5, 5.41) is 3.52. The minimum atomic E-state index is 0.159. The van der Waals surface area contributed by atoms with E-state index in [-0.39, 0.29) is 12.2 Å². The van der Waals surface area contributed by atoms with Crippen molar-refractivity contribution in [2.75, 3.05) is 26.9 Å². The maximum Gasteiger partial charge on any atom is 0.0814 e. The molecule has 1 N–H and O–H groups in total. The van der Waals surface area contributed by atoms with Crippen molar-refractivity contribution in [3.8, 4) is 0 Å². The summed E-state index contributed by atoms with van der Waals surface area (Å²) in [6, 6.07) is 0.774. The first-order valence-electron chi connectivity index (χ1n) is 6.77. The molecular formula is C13H25NO3. The largest absolute Gasteiger partial charge is 0.382 e. The zero-order valence-electron chi connectivity index (χ0n) is 11.0. The number of rotatable bonds is 8. The van der Waals surface area contributed by atoms with E-state index in [0.717, 1.165) is 25.4 Å². The van der Waals surface area contributed by atoms with Crippen LogP contribution in [0.15, 0.2) is 0 Å². The molecule has 0 aromatic rings. The van der Waals surface area contributed by atoms with Crippen LogP contribution in [0.3, 0.4) is 0 Å². The highest BCUT2D eigenvalue weighted by Gasteiger charge is 2.28. The Labute approximate surface area is 104 Å². The maximum absolute atomic E-state index is 5.94. The minimum absolute atomic E-state index is 0.159. The summed E-state index contributed by atoms with van der Waals surface area (Å²) < 4.78 is 16.7. The third-order valence-electron chi connectivity index (χ3n) is 3.38. The molecule has 2 rings (SSSR count). The van der Waals surface area contributed by atoms with Gasteiger partial charge in [0, 0.05) is 19.7 Å². The van der Waals surface area contributed by atoms with Gasteiger partial charge in [0.1, 0.15) is 0 Å². The first-order chi connectivity index (χ1) is 8.28. The Balaban J connectivity index is 1.53. The van der Waals surface area contributed by atoms with Gasteiger partial charge in [0.25, 0.3) is 0 Å². The number of hydrogen-bond donors (Lipinski definition) is 1. The molecule has 1 saturated heterocycles. The van der Waals surface area contributed by atoms with E-state index in [1.165, 1.54) is 12.8 Å². The third kappa shape index (κ3) is 4.92. The van der Waals surface area contributed by atoms with Gasteiger partial charge in [0.15, 0.2) is 0 Å². The fourth-order valence-electron chi connectivity index (χ4n) is 2.19. The number of methoxy groups -OCH3 is 1. The molecule has 0 spiro atoms. The standard InChI is InChI=1S/C13H25NO3/c1-10(8-15-2)16-9-13-6-5-12(17-13)7-14-11-3-4-11/h10-14H,3-9H2,1-2H3. The zero-order chi connectivity index (χ0) is 12.1. The van der Waals surface area contributed by atoms with E-state index in [1.807, 2.05) is 6.92 Å². The van der Waals surface area contributed by atoms with E-state index in [9.17, 15) is 0 Å². The summed E-state index contributed by atoms with van der Waals surface area (Å²) >= 11 is 0. The molecule has 2 fully saturated rings. The number of ether oxygens (including phenoxy) is 3. The molecule has 100 valence electrons. The maximum atomic E-state index is 5.94. The molecule has 0 radical (unpaired) electrons. The molecule has 4 heteroatoms. The molecule has 1 aliphatic carbocycles. The second-order valence-corrected chi connectivity index (χ2v) is 5.24. The van der Waals surface area contributed by atoms with Crippen LogP contribution in [0.1, 0.15) is 32.6 Å². The fraction of sp³-hybridized carbons (Fsp3) is 1.00. The Morgan fingerprint density at radius 1 is 1.24 bits per heavy atom. The lowest BCUT2D eigenvalue weighted by molar-refractivity contribution is -0.0539. The van der Waals surface area contributed by atoms with E-state index in [0.29, 0.717) is 19.3 Å². The van der Waals surface area contributed by atoms with Crippen molar-refractivity contribution in [2.24, 2.45) is 0 Å². The van der Waals surface area contributed by atoms with Crippen LogP contribution in [0.4, 0.5) is 0 Å². The van der Waals surface area contributed by atoms with Crippen molar-refractivity contribution in [3.63, 3.8) is 0 Å². The van der Waals surface area contributed by atoms with Crippen LogP contribution in [-0.2, 0) is 14.2 Å². The van der Waals surface area contributed by atoms with E-state index in [2.05, 4.69) is 5.32 Å². The zero-order valence-corrected chi connectivity index (χ0v) is 11.0. The molecule has 3 atom stereocenters. The lowest BCUT2D eigenvalue weighted by atomic mass is 10.2. The highest BCUT2D eigenvalue weighted by atomic mass is 16.6. The van der Waals surface area contributed by atoms with Crippen LogP contribution in [0.2, 0.25) is 0 Å². The van der Waals surface area contributed by atoms with Gasteiger partial charge in [-0.05, 0) is 32.6 Å². The van der Waals surface area contributed by atoms with E-state index < -0.39 is 0 Å². The van der Waals surface area contributed by atoms with Crippen molar-refractivity contribution < 1.29 is 14.2 Å². The van der Waals surface area contributed by atoms with Crippen molar-refractivity contribution in [2.45, 2.75) is 57.0 Å². The smallest absolute Gasteiger partial charge is 0.0814 e. The third-order valence-corrected chi connectivity index (χ3v) is 3.38. The van der Waals surface area contributed by atoms with Crippen LogP contribution in [0.25, 0.3) is 0 Å². The van der Waals surface area contributed by atoms with Gasteiger partial charge in [0.2, 0.25) is 0 Å². The van der Waals surface area contributed by atoms with E-state index in [4.69, 9.17) is 14.2 Å². The topological polar surface area (TPSA) is 39.7 Å². The molecule has 0 amide bonds.